The summed E-state index contributed by atoms with van der Waals surface area (Å²) < 4.78 is 25.3. The minimum Gasteiger partial charge on any atom is -0.345 e. The summed E-state index contributed by atoms with van der Waals surface area (Å²) >= 11 is 1.46. The number of nitrogens with one attached hydrogen (secondary N) is 1. The summed E-state index contributed by atoms with van der Waals surface area (Å²) in [6.07, 6.45) is 3.46. The van der Waals surface area contributed by atoms with Crippen LogP contribution < -0.4 is 9.62 Å². The molecule has 1 heterocycles. The van der Waals surface area contributed by atoms with Crippen molar-refractivity contribution in [3.05, 3.63) is 46.4 Å². The predicted molar refractivity (Wildman–Crippen MR) is 96.7 cm³/mol. The van der Waals surface area contributed by atoms with Crippen LogP contribution >= 0.6 is 11.3 Å². The molecular formula is C16H21N3O3S2. The minimum absolute atomic E-state index is 0.211. The summed E-state index contributed by atoms with van der Waals surface area (Å²) in [5.74, 6) is -0.358. The highest BCUT2D eigenvalue weighted by Gasteiger charge is 2.23. The van der Waals surface area contributed by atoms with Crippen LogP contribution in [0.3, 0.4) is 0 Å². The average Bonchev–Trinajstić information content (AvgIpc) is 3.04. The maximum absolute atomic E-state index is 12.4. The Balaban J connectivity index is 2.14. The molecule has 0 saturated carbocycles. The van der Waals surface area contributed by atoms with Crippen molar-refractivity contribution in [3.8, 4) is 0 Å². The number of aromatic nitrogens is 1. The second-order valence-electron chi connectivity index (χ2n) is 5.50. The van der Waals surface area contributed by atoms with E-state index in [-0.39, 0.29) is 18.5 Å². The van der Waals surface area contributed by atoms with Crippen molar-refractivity contribution in [1.82, 2.24) is 10.3 Å². The number of anilines is 1. The van der Waals surface area contributed by atoms with Gasteiger partial charge in [0, 0.05) is 11.6 Å². The number of thiazole rings is 1. The third-order valence-electron chi connectivity index (χ3n) is 3.50. The Morgan fingerprint density at radius 2 is 2.00 bits per heavy atom. The number of carbonyl (C=O) groups excluding carboxylic acids is 1. The van der Waals surface area contributed by atoms with E-state index >= 15 is 0 Å². The van der Waals surface area contributed by atoms with Crippen molar-refractivity contribution >= 4 is 33.0 Å². The fourth-order valence-electron chi connectivity index (χ4n) is 2.23. The van der Waals surface area contributed by atoms with Gasteiger partial charge in [-0.05, 0) is 25.5 Å². The number of carbonyl (C=O) groups is 1. The quantitative estimate of drug-likeness (QED) is 0.815. The normalized spacial score (nSPS) is 12.6. The first kappa shape index (κ1) is 18.4. The fraction of sp³-hybridized carbons (Fsp3) is 0.375. The molecule has 2 rings (SSSR count). The zero-order valence-corrected chi connectivity index (χ0v) is 15.5. The molecule has 24 heavy (non-hydrogen) atoms. The third kappa shape index (κ3) is 4.78. The molecule has 130 valence electrons. The van der Waals surface area contributed by atoms with Crippen LogP contribution in [0.15, 0.2) is 35.8 Å². The van der Waals surface area contributed by atoms with Gasteiger partial charge in [0.25, 0.3) is 0 Å². The minimum atomic E-state index is -3.56. The van der Waals surface area contributed by atoms with Gasteiger partial charge in [-0.25, -0.2) is 13.4 Å². The highest BCUT2D eigenvalue weighted by atomic mass is 32.2. The maximum atomic E-state index is 12.4. The van der Waals surface area contributed by atoms with E-state index in [1.807, 2.05) is 31.4 Å². The van der Waals surface area contributed by atoms with E-state index < -0.39 is 10.0 Å². The average molecular weight is 367 g/mol. The molecule has 1 amide bonds. The third-order valence-corrected chi connectivity index (χ3v) is 5.53. The second-order valence-corrected chi connectivity index (χ2v) is 8.34. The number of amides is 1. The molecule has 0 radical (unpaired) electrons. The summed E-state index contributed by atoms with van der Waals surface area (Å²) in [5.41, 5.74) is 1.49. The summed E-state index contributed by atoms with van der Waals surface area (Å²) in [5, 5.41) is 5.51. The molecule has 0 aliphatic carbocycles. The molecule has 1 atom stereocenters. The zero-order chi connectivity index (χ0) is 17.7. The zero-order valence-electron chi connectivity index (χ0n) is 13.9. The second kappa shape index (κ2) is 7.76. The summed E-state index contributed by atoms with van der Waals surface area (Å²) in [7, 11) is -3.56. The molecule has 1 N–H and O–H groups in total. The van der Waals surface area contributed by atoms with Gasteiger partial charge in [0.1, 0.15) is 11.6 Å². The van der Waals surface area contributed by atoms with Crippen molar-refractivity contribution in [2.75, 3.05) is 17.1 Å². The molecule has 0 spiro atoms. The Kier molecular flexibility index (Phi) is 5.95. The Labute approximate surface area is 146 Å². The van der Waals surface area contributed by atoms with E-state index in [0.29, 0.717) is 12.1 Å². The number of hydrogen-bond acceptors (Lipinski definition) is 5. The van der Waals surface area contributed by atoms with Gasteiger partial charge < -0.3 is 5.32 Å². The van der Waals surface area contributed by atoms with Crippen LogP contribution in [0.1, 0.15) is 30.0 Å². The lowest BCUT2D eigenvalue weighted by Crippen LogP contribution is -2.41. The van der Waals surface area contributed by atoms with Gasteiger partial charge >= 0.3 is 0 Å². The van der Waals surface area contributed by atoms with Gasteiger partial charge in [0.15, 0.2) is 0 Å². The topological polar surface area (TPSA) is 79.4 Å². The van der Waals surface area contributed by atoms with Gasteiger partial charge in [0.05, 0.1) is 18.0 Å². The van der Waals surface area contributed by atoms with E-state index in [9.17, 15) is 13.2 Å². The first-order chi connectivity index (χ1) is 11.3. The molecule has 2 aromatic rings. The first-order valence-corrected chi connectivity index (χ1v) is 10.3. The SMILES string of the molecule is CCC(NC(=O)CN(c1ccc(C)cc1)S(C)(=O)=O)c1nccs1. The van der Waals surface area contributed by atoms with Crippen molar-refractivity contribution in [2.24, 2.45) is 0 Å². The van der Waals surface area contributed by atoms with Crippen LogP contribution in [0.4, 0.5) is 5.69 Å². The van der Waals surface area contributed by atoms with Crippen LogP contribution in [-0.4, -0.2) is 32.1 Å². The molecule has 0 aliphatic rings. The van der Waals surface area contributed by atoms with E-state index in [1.165, 1.54) is 11.3 Å². The van der Waals surface area contributed by atoms with Crippen LogP contribution in [0, 0.1) is 6.92 Å². The first-order valence-electron chi connectivity index (χ1n) is 7.54. The number of sulfonamides is 1. The number of hydrogen-bond donors (Lipinski definition) is 1. The molecule has 0 aliphatic heterocycles. The van der Waals surface area contributed by atoms with Crippen molar-refractivity contribution in [1.29, 1.82) is 0 Å². The van der Waals surface area contributed by atoms with Crippen LogP contribution in [0.5, 0.6) is 0 Å². The van der Waals surface area contributed by atoms with Crippen LogP contribution in [0.25, 0.3) is 0 Å². The Hall–Kier alpha value is -1.93. The van der Waals surface area contributed by atoms with E-state index in [4.69, 9.17) is 0 Å². The van der Waals surface area contributed by atoms with Gasteiger partial charge in [-0.15, -0.1) is 11.3 Å². The fourth-order valence-corrected chi connectivity index (χ4v) is 3.86. The number of rotatable bonds is 7. The standard InChI is InChI=1S/C16H21N3O3S2/c1-4-14(16-17-9-10-23-16)18-15(20)11-19(24(3,21)22)13-7-5-12(2)6-8-13/h5-10,14H,4,11H2,1-3H3,(H,18,20). The van der Waals surface area contributed by atoms with E-state index in [2.05, 4.69) is 10.3 Å². The number of aryl methyl sites for hydroxylation is 1. The monoisotopic (exact) mass is 367 g/mol. The number of nitrogens with zero attached hydrogens (tertiary/aromatic N) is 2. The molecule has 0 fully saturated rings. The van der Waals surface area contributed by atoms with Crippen LogP contribution in [-0.2, 0) is 14.8 Å². The number of benzene rings is 1. The van der Waals surface area contributed by atoms with Gasteiger partial charge in [0.2, 0.25) is 15.9 Å². The summed E-state index contributed by atoms with van der Waals surface area (Å²) in [4.78, 5) is 16.6. The highest BCUT2D eigenvalue weighted by Crippen LogP contribution is 2.20. The molecule has 1 aromatic carbocycles. The van der Waals surface area contributed by atoms with Gasteiger partial charge in [-0.1, -0.05) is 24.6 Å². The van der Waals surface area contributed by atoms with Crippen molar-refractivity contribution in [2.45, 2.75) is 26.3 Å². The Bertz CT molecular complexity index is 771. The lowest BCUT2D eigenvalue weighted by Gasteiger charge is -2.23. The molecule has 6 nitrogen and oxygen atoms in total. The van der Waals surface area contributed by atoms with E-state index in [1.54, 1.807) is 18.3 Å². The van der Waals surface area contributed by atoms with Crippen molar-refractivity contribution < 1.29 is 13.2 Å². The van der Waals surface area contributed by atoms with Crippen molar-refractivity contribution in [3.63, 3.8) is 0 Å². The molecule has 0 saturated heterocycles. The largest absolute Gasteiger partial charge is 0.345 e. The van der Waals surface area contributed by atoms with Crippen LogP contribution in [0.2, 0.25) is 0 Å². The molecular weight excluding hydrogens is 346 g/mol. The van der Waals surface area contributed by atoms with Gasteiger partial charge in [-0.3, -0.25) is 9.10 Å². The molecule has 1 unspecified atom stereocenters. The van der Waals surface area contributed by atoms with E-state index in [0.717, 1.165) is 21.1 Å². The Morgan fingerprint density at radius 3 is 2.50 bits per heavy atom. The summed E-state index contributed by atoms with van der Waals surface area (Å²) in [6.45, 7) is 3.60. The van der Waals surface area contributed by atoms with Gasteiger partial charge in [-0.2, -0.15) is 0 Å². The smallest absolute Gasteiger partial charge is 0.241 e. The summed E-state index contributed by atoms with van der Waals surface area (Å²) in [6, 6.07) is 6.81. The lowest BCUT2D eigenvalue weighted by atomic mass is 10.2. The Morgan fingerprint density at radius 1 is 1.33 bits per heavy atom. The highest BCUT2D eigenvalue weighted by molar-refractivity contribution is 7.92. The maximum Gasteiger partial charge on any atom is 0.241 e. The molecule has 0 bridgehead atoms. The lowest BCUT2D eigenvalue weighted by molar-refractivity contribution is -0.120. The molecule has 1 aromatic heterocycles. The molecule has 8 heteroatoms. The predicted octanol–water partition coefficient (Wildman–Crippen LogP) is 2.49.